The number of nitrogens with zero attached hydrogens (tertiary/aromatic N) is 3. The van der Waals surface area contributed by atoms with Crippen molar-refractivity contribution in [3.63, 3.8) is 0 Å². The average molecular weight is 399 g/mol. The number of nitrogens with one attached hydrogen (secondary N) is 1. The Morgan fingerprint density at radius 2 is 1.86 bits per heavy atom. The predicted molar refractivity (Wildman–Crippen MR) is 110 cm³/mol. The Bertz CT molecular complexity index is 819. The highest BCUT2D eigenvalue weighted by molar-refractivity contribution is 5.79. The van der Waals surface area contributed by atoms with E-state index in [1.54, 1.807) is 17.4 Å². The van der Waals surface area contributed by atoms with Crippen molar-refractivity contribution < 1.29 is 14.3 Å². The number of benzene rings is 1. The number of rotatable bonds is 5. The van der Waals surface area contributed by atoms with Gasteiger partial charge >= 0.3 is 6.09 Å². The van der Waals surface area contributed by atoms with Crippen molar-refractivity contribution in [2.24, 2.45) is 5.92 Å². The molecule has 0 aliphatic carbocycles. The van der Waals surface area contributed by atoms with Gasteiger partial charge in [-0.15, -0.1) is 0 Å². The first kappa shape index (κ1) is 20.9. The molecule has 0 unspecified atom stereocenters. The van der Waals surface area contributed by atoms with Crippen LogP contribution in [0.2, 0.25) is 0 Å². The number of hydrogen-bond acceptors (Lipinski definition) is 4. The molecule has 1 saturated heterocycles. The molecule has 1 aliphatic rings. The Labute approximate surface area is 172 Å². The minimum absolute atomic E-state index is 0.0475. The molecule has 1 N–H and O–H groups in total. The van der Waals surface area contributed by atoms with E-state index in [2.05, 4.69) is 16.4 Å². The van der Waals surface area contributed by atoms with E-state index in [1.165, 1.54) is 0 Å². The smallest absolute Gasteiger partial charge is 0.410 e. The molecule has 1 aromatic heterocycles. The molecule has 156 valence electrons. The molecule has 0 bridgehead atoms. The molecule has 1 aliphatic heterocycles. The standard InChI is InChI=1S/C22H30N4O3/c1-22(2,3)29-21(28)26-11-8-17(9-12-26)20(27)24-14-18-6-4-5-7-19(18)15-25-13-10-23-16-25/h4-7,10,13,16-17H,8-9,11-12,14-15H2,1-3H3,(H,24,27). The van der Waals surface area contributed by atoms with E-state index in [0.717, 1.165) is 17.7 Å². The summed E-state index contributed by atoms with van der Waals surface area (Å²) >= 11 is 0. The number of likely N-dealkylation sites (tertiary alicyclic amines) is 1. The summed E-state index contributed by atoms with van der Waals surface area (Å²) in [5.41, 5.74) is 1.75. The lowest BCUT2D eigenvalue weighted by Gasteiger charge is -2.33. The van der Waals surface area contributed by atoms with Gasteiger partial charge in [-0.25, -0.2) is 9.78 Å². The Morgan fingerprint density at radius 1 is 1.17 bits per heavy atom. The average Bonchev–Trinajstić information content (AvgIpc) is 3.19. The van der Waals surface area contributed by atoms with Crippen molar-refractivity contribution in [1.82, 2.24) is 19.8 Å². The molecule has 0 spiro atoms. The summed E-state index contributed by atoms with van der Waals surface area (Å²) in [7, 11) is 0. The molecular formula is C22H30N4O3. The molecule has 3 rings (SSSR count). The molecule has 2 amide bonds. The second-order valence-electron chi connectivity index (χ2n) is 8.46. The van der Waals surface area contributed by atoms with Crippen LogP contribution in [0.5, 0.6) is 0 Å². The summed E-state index contributed by atoms with van der Waals surface area (Å²) in [5, 5.41) is 3.07. The molecule has 2 heterocycles. The zero-order chi connectivity index (χ0) is 20.9. The topological polar surface area (TPSA) is 76.5 Å². The van der Waals surface area contributed by atoms with Gasteiger partial charge in [0.25, 0.3) is 0 Å². The zero-order valence-corrected chi connectivity index (χ0v) is 17.4. The summed E-state index contributed by atoms with van der Waals surface area (Å²) in [4.78, 5) is 30.6. The molecule has 0 saturated carbocycles. The van der Waals surface area contributed by atoms with Crippen LogP contribution >= 0.6 is 0 Å². The van der Waals surface area contributed by atoms with Crippen LogP contribution in [0.3, 0.4) is 0 Å². The quantitative estimate of drug-likeness (QED) is 0.839. The predicted octanol–water partition coefficient (Wildman–Crippen LogP) is 3.19. The maximum Gasteiger partial charge on any atom is 0.410 e. The lowest BCUT2D eigenvalue weighted by atomic mass is 9.96. The second-order valence-corrected chi connectivity index (χ2v) is 8.46. The van der Waals surface area contributed by atoms with Gasteiger partial charge in [0.2, 0.25) is 5.91 Å². The SMILES string of the molecule is CC(C)(C)OC(=O)N1CCC(C(=O)NCc2ccccc2Cn2ccnc2)CC1. The Morgan fingerprint density at radius 3 is 2.48 bits per heavy atom. The molecule has 2 aromatic rings. The van der Waals surface area contributed by atoms with E-state index in [0.29, 0.717) is 32.5 Å². The van der Waals surface area contributed by atoms with Crippen LogP contribution in [-0.4, -0.2) is 45.1 Å². The fraction of sp³-hybridized carbons (Fsp3) is 0.500. The molecule has 7 heteroatoms. The van der Waals surface area contributed by atoms with Crippen molar-refractivity contribution in [2.45, 2.75) is 52.3 Å². The van der Waals surface area contributed by atoms with Crippen molar-refractivity contribution in [2.75, 3.05) is 13.1 Å². The van der Waals surface area contributed by atoms with Gasteiger partial charge in [0, 0.05) is 44.5 Å². The fourth-order valence-corrected chi connectivity index (χ4v) is 3.44. The van der Waals surface area contributed by atoms with Crippen molar-refractivity contribution in [3.8, 4) is 0 Å². The molecule has 1 fully saturated rings. The Kier molecular flexibility index (Phi) is 6.56. The van der Waals surface area contributed by atoms with E-state index >= 15 is 0 Å². The van der Waals surface area contributed by atoms with E-state index in [-0.39, 0.29) is 17.9 Å². The summed E-state index contributed by atoms with van der Waals surface area (Å²) in [6.45, 7) is 7.88. The third-order valence-electron chi connectivity index (χ3n) is 5.00. The number of aromatic nitrogens is 2. The Hall–Kier alpha value is -2.83. The lowest BCUT2D eigenvalue weighted by Crippen LogP contribution is -2.44. The summed E-state index contributed by atoms with van der Waals surface area (Å²) in [6.07, 6.45) is 6.48. The minimum Gasteiger partial charge on any atom is -0.444 e. The summed E-state index contributed by atoms with van der Waals surface area (Å²) in [6, 6.07) is 8.10. The van der Waals surface area contributed by atoms with Gasteiger partial charge < -0.3 is 19.5 Å². The van der Waals surface area contributed by atoms with E-state index in [4.69, 9.17) is 4.74 Å². The number of ether oxygens (including phenoxy) is 1. The first-order valence-corrected chi connectivity index (χ1v) is 10.1. The van der Waals surface area contributed by atoms with E-state index in [9.17, 15) is 9.59 Å². The molecular weight excluding hydrogens is 368 g/mol. The lowest BCUT2D eigenvalue weighted by molar-refractivity contribution is -0.126. The highest BCUT2D eigenvalue weighted by Gasteiger charge is 2.29. The summed E-state index contributed by atoms with van der Waals surface area (Å²) in [5.74, 6) is -0.0271. The van der Waals surface area contributed by atoms with Gasteiger partial charge in [0.1, 0.15) is 5.60 Å². The molecule has 0 radical (unpaired) electrons. The number of amides is 2. The van der Waals surface area contributed by atoms with Gasteiger partial charge in [-0.1, -0.05) is 24.3 Å². The normalized spacial score (nSPS) is 15.2. The van der Waals surface area contributed by atoms with E-state index in [1.807, 2.05) is 49.7 Å². The van der Waals surface area contributed by atoms with Crippen molar-refractivity contribution >= 4 is 12.0 Å². The van der Waals surface area contributed by atoms with Crippen LogP contribution in [0.15, 0.2) is 43.0 Å². The highest BCUT2D eigenvalue weighted by Crippen LogP contribution is 2.20. The molecule has 1 aromatic carbocycles. The summed E-state index contributed by atoms with van der Waals surface area (Å²) < 4.78 is 7.42. The van der Waals surface area contributed by atoms with Crippen LogP contribution in [-0.2, 0) is 22.6 Å². The van der Waals surface area contributed by atoms with Gasteiger partial charge in [-0.2, -0.15) is 0 Å². The molecule has 29 heavy (non-hydrogen) atoms. The molecule has 7 nitrogen and oxygen atoms in total. The number of hydrogen-bond donors (Lipinski definition) is 1. The van der Waals surface area contributed by atoms with Crippen LogP contribution in [0, 0.1) is 5.92 Å². The number of piperidine rings is 1. The van der Waals surface area contributed by atoms with Gasteiger partial charge in [0.15, 0.2) is 0 Å². The maximum absolute atomic E-state index is 12.6. The monoisotopic (exact) mass is 398 g/mol. The maximum atomic E-state index is 12.6. The minimum atomic E-state index is -0.505. The van der Waals surface area contributed by atoms with Crippen LogP contribution in [0.25, 0.3) is 0 Å². The second kappa shape index (κ2) is 9.11. The van der Waals surface area contributed by atoms with Crippen LogP contribution in [0.4, 0.5) is 4.79 Å². The number of carbonyl (C=O) groups excluding carboxylic acids is 2. The van der Waals surface area contributed by atoms with Crippen molar-refractivity contribution in [1.29, 1.82) is 0 Å². The highest BCUT2D eigenvalue weighted by atomic mass is 16.6. The van der Waals surface area contributed by atoms with Crippen molar-refractivity contribution in [3.05, 3.63) is 54.1 Å². The fourth-order valence-electron chi connectivity index (χ4n) is 3.44. The van der Waals surface area contributed by atoms with E-state index < -0.39 is 5.60 Å². The third kappa shape index (κ3) is 6.07. The van der Waals surface area contributed by atoms with Crippen LogP contribution in [0.1, 0.15) is 44.7 Å². The molecule has 0 atom stereocenters. The van der Waals surface area contributed by atoms with Crippen LogP contribution < -0.4 is 5.32 Å². The van der Waals surface area contributed by atoms with Gasteiger partial charge in [-0.05, 0) is 44.7 Å². The van der Waals surface area contributed by atoms with Gasteiger partial charge in [0.05, 0.1) is 6.33 Å². The largest absolute Gasteiger partial charge is 0.444 e. The number of imidazole rings is 1. The van der Waals surface area contributed by atoms with Gasteiger partial charge in [-0.3, -0.25) is 4.79 Å². The number of carbonyl (C=O) groups is 2. The Balaban J connectivity index is 1.49. The third-order valence-corrected chi connectivity index (χ3v) is 5.00. The first-order chi connectivity index (χ1) is 13.8. The first-order valence-electron chi connectivity index (χ1n) is 10.1. The zero-order valence-electron chi connectivity index (χ0n) is 17.4.